The Morgan fingerprint density at radius 3 is 2.27 bits per heavy atom. The number of hydrogen-bond acceptors (Lipinski definition) is 4. The van der Waals surface area contributed by atoms with Gasteiger partial charge >= 0.3 is 5.97 Å². The molecule has 0 radical (unpaired) electrons. The van der Waals surface area contributed by atoms with Crippen molar-refractivity contribution in [2.75, 3.05) is 12.4 Å². The number of methoxy groups -OCH3 is 1. The molecule has 6 nitrogen and oxygen atoms in total. The van der Waals surface area contributed by atoms with Crippen LogP contribution in [-0.4, -0.2) is 24.9 Å². The molecule has 2 rings (SSSR count). The van der Waals surface area contributed by atoms with Gasteiger partial charge in [-0.25, -0.2) is 4.79 Å². The van der Waals surface area contributed by atoms with Crippen molar-refractivity contribution < 1.29 is 19.1 Å². The summed E-state index contributed by atoms with van der Waals surface area (Å²) in [6.07, 6.45) is 0. The summed E-state index contributed by atoms with van der Waals surface area (Å²) in [5, 5.41) is 2.64. The summed E-state index contributed by atoms with van der Waals surface area (Å²) in [5.41, 5.74) is 6.49. The Bertz CT molecular complexity index is 740. The maximum atomic E-state index is 12.2. The van der Waals surface area contributed by atoms with Crippen molar-refractivity contribution in [2.24, 2.45) is 5.73 Å². The third-order valence-corrected chi connectivity index (χ3v) is 2.95. The normalized spacial score (nSPS) is 9.86. The number of ether oxygens (including phenoxy) is 1. The molecule has 3 N–H and O–H groups in total. The minimum atomic E-state index is -0.580. The minimum absolute atomic E-state index is 0.279. The molecule has 0 aromatic heterocycles. The highest BCUT2D eigenvalue weighted by molar-refractivity contribution is 6.06. The number of nitrogens with two attached hydrogens (primary N) is 1. The van der Waals surface area contributed by atoms with Gasteiger partial charge in [0.15, 0.2) is 0 Å². The number of benzene rings is 2. The first kappa shape index (κ1) is 15.2. The van der Waals surface area contributed by atoms with Gasteiger partial charge in [0, 0.05) is 16.8 Å². The zero-order chi connectivity index (χ0) is 16.1. The molecule has 0 aliphatic rings. The molecule has 0 spiro atoms. The molecule has 2 amide bonds. The molecule has 22 heavy (non-hydrogen) atoms. The van der Waals surface area contributed by atoms with E-state index < -0.39 is 17.8 Å². The zero-order valence-electron chi connectivity index (χ0n) is 11.8. The Balaban J connectivity index is 2.20. The molecule has 0 aliphatic carbocycles. The Kier molecular flexibility index (Phi) is 4.53. The molecule has 0 saturated carbocycles. The molecule has 0 heterocycles. The van der Waals surface area contributed by atoms with E-state index in [1.54, 1.807) is 36.4 Å². The number of anilines is 1. The number of carbonyl (C=O) groups is 3. The first-order chi connectivity index (χ1) is 10.5. The van der Waals surface area contributed by atoms with Crippen LogP contribution >= 0.6 is 0 Å². The van der Waals surface area contributed by atoms with E-state index in [1.165, 1.54) is 19.2 Å². The van der Waals surface area contributed by atoms with E-state index in [1.807, 2.05) is 0 Å². The molecule has 0 unspecified atom stereocenters. The van der Waals surface area contributed by atoms with E-state index in [2.05, 4.69) is 10.1 Å². The zero-order valence-corrected chi connectivity index (χ0v) is 11.8. The molecule has 2 aromatic carbocycles. The average molecular weight is 298 g/mol. The summed E-state index contributed by atoms with van der Waals surface area (Å²) >= 11 is 0. The van der Waals surface area contributed by atoms with Crippen molar-refractivity contribution >= 4 is 23.5 Å². The van der Waals surface area contributed by atoms with Crippen molar-refractivity contribution in [3.8, 4) is 0 Å². The molecule has 112 valence electrons. The maximum absolute atomic E-state index is 12.2. The number of carbonyl (C=O) groups excluding carboxylic acids is 3. The SMILES string of the molecule is COC(=O)c1cccc(C(=O)Nc2cccc(C(N)=O)c2)c1. The Labute approximate surface area is 126 Å². The van der Waals surface area contributed by atoms with Gasteiger partial charge in [0.25, 0.3) is 5.91 Å². The Morgan fingerprint density at radius 1 is 0.955 bits per heavy atom. The van der Waals surface area contributed by atoms with Gasteiger partial charge in [-0.1, -0.05) is 12.1 Å². The number of hydrogen-bond donors (Lipinski definition) is 2. The summed E-state index contributed by atoms with van der Waals surface area (Å²) in [6, 6.07) is 12.4. The van der Waals surface area contributed by atoms with Gasteiger partial charge in [-0.3, -0.25) is 9.59 Å². The van der Waals surface area contributed by atoms with Crippen LogP contribution in [-0.2, 0) is 4.74 Å². The standard InChI is InChI=1S/C16H14N2O4/c1-22-16(21)12-6-2-5-11(8-12)15(20)18-13-7-3-4-10(9-13)14(17)19/h2-9H,1H3,(H2,17,19)(H,18,20). The fourth-order valence-electron chi connectivity index (χ4n) is 1.86. The van der Waals surface area contributed by atoms with Gasteiger partial charge < -0.3 is 15.8 Å². The molecule has 0 saturated heterocycles. The van der Waals surface area contributed by atoms with E-state index >= 15 is 0 Å². The topological polar surface area (TPSA) is 98.5 Å². The highest BCUT2D eigenvalue weighted by Gasteiger charge is 2.11. The molecule has 2 aromatic rings. The summed E-state index contributed by atoms with van der Waals surface area (Å²) in [4.78, 5) is 34.8. The lowest BCUT2D eigenvalue weighted by atomic mass is 10.1. The van der Waals surface area contributed by atoms with Gasteiger partial charge in [-0.05, 0) is 36.4 Å². The first-order valence-corrected chi connectivity index (χ1v) is 6.41. The molecular weight excluding hydrogens is 284 g/mol. The Hall–Kier alpha value is -3.15. The van der Waals surface area contributed by atoms with Crippen LogP contribution in [0.1, 0.15) is 31.1 Å². The third-order valence-electron chi connectivity index (χ3n) is 2.95. The van der Waals surface area contributed by atoms with Gasteiger partial charge in [-0.2, -0.15) is 0 Å². The lowest BCUT2D eigenvalue weighted by Gasteiger charge is -2.07. The van der Waals surface area contributed by atoms with Crippen LogP contribution in [0.4, 0.5) is 5.69 Å². The van der Waals surface area contributed by atoms with Crippen LogP contribution in [0.25, 0.3) is 0 Å². The second-order valence-corrected chi connectivity index (χ2v) is 4.47. The van der Waals surface area contributed by atoms with Crippen molar-refractivity contribution in [1.82, 2.24) is 0 Å². The number of nitrogens with one attached hydrogen (secondary N) is 1. The van der Waals surface area contributed by atoms with Crippen LogP contribution in [0.2, 0.25) is 0 Å². The summed E-state index contributed by atoms with van der Waals surface area (Å²) < 4.78 is 4.61. The molecular formula is C16H14N2O4. The van der Waals surface area contributed by atoms with Gasteiger partial charge in [0.1, 0.15) is 0 Å². The monoisotopic (exact) mass is 298 g/mol. The fourth-order valence-corrected chi connectivity index (χ4v) is 1.86. The third kappa shape index (κ3) is 3.49. The van der Waals surface area contributed by atoms with Gasteiger partial charge in [0.2, 0.25) is 5.91 Å². The number of primary amides is 1. The van der Waals surface area contributed by atoms with Crippen LogP contribution in [0.15, 0.2) is 48.5 Å². The summed E-state index contributed by atoms with van der Waals surface area (Å²) in [5.74, 6) is -1.51. The lowest BCUT2D eigenvalue weighted by Crippen LogP contribution is -2.15. The molecule has 0 fully saturated rings. The van der Waals surface area contributed by atoms with Crippen LogP contribution in [0, 0.1) is 0 Å². The van der Waals surface area contributed by atoms with Crippen molar-refractivity contribution in [2.45, 2.75) is 0 Å². The molecule has 0 bridgehead atoms. The second-order valence-electron chi connectivity index (χ2n) is 4.47. The summed E-state index contributed by atoms with van der Waals surface area (Å²) in [6.45, 7) is 0. The largest absolute Gasteiger partial charge is 0.465 e. The molecule has 0 atom stereocenters. The molecule has 6 heteroatoms. The van der Waals surface area contributed by atoms with E-state index in [-0.39, 0.29) is 5.56 Å². The highest BCUT2D eigenvalue weighted by atomic mass is 16.5. The fraction of sp³-hybridized carbons (Fsp3) is 0.0625. The van der Waals surface area contributed by atoms with Crippen molar-refractivity contribution in [3.05, 3.63) is 65.2 Å². The predicted molar refractivity (Wildman–Crippen MR) is 80.7 cm³/mol. The number of esters is 1. The van der Waals surface area contributed by atoms with E-state index in [0.717, 1.165) is 0 Å². The predicted octanol–water partition coefficient (Wildman–Crippen LogP) is 1.82. The second kappa shape index (κ2) is 6.53. The van der Waals surface area contributed by atoms with E-state index in [0.29, 0.717) is 16.8 Å². The van der Waals surface area contributed by atoms with E-state index in [9.17, 15) is 14.4 Å². The number of rotatable bonds is 4. The van der Waals surface area contributed by atoms with Crippen molar-refractivity contribution in [1.29, 1.82) is 0 Å². The van der Waals surface area contributed by atoms with E-state index in [4.69, 9.17) is 5.73 Å². The van der Waals surface area contributed by atoms with Gasteiger partial charge in [0.05, 0.1) is 12.7 Å². The molecule has 0 aliphatic heterocycles. The smallest absolute Gasteiger partial charge is 0.337 e. The summed E-state index contributed by atoms with van der Waals surface area (Å²) in [7, 11) is 1.27. The van der Waals surface area contributed by atoms with Gasteiger partial charge in [-0.15, -0.1) is 0 Å². The number of amides is 2. The van der Waals surface area contributed by atoms with Crippen LogP contribution in [0.5, 0.6) is 0 Å². The lowest BCUT2D eigenvalue weighted by molar-refractivity contribution is 0.0600. The Morgan fingerprint density at radius 2 is 1.59 bits per heavy atom. The first-order valence-electron chi connectivity index (χ1n) is 6.41. The maximum Gasteiger partial charge on any atom is 0.337 e. The highest BCUT2D eigenvalue weighted by Crippen LogP contribution is 2.13. The quantitative estimate of drug-likeness (QED) is 0.841. The van der Waals surface area contributed by atoms with Crippen molar-refractivity contribution in [3.63, 3.8) is 0 Å². The average Bonchev–Trinajstić information content (AvgIpc) is 2.54. The van der Waals surface area contributed by atoms with Crippen LogP contribution in [0.3, 0.4) is 0 Å². The minimum Gasteiger partial charge on any atom is -0.465 e. The van der Waals surface area contributed by atoms with Crippen LogP contribution < -0.4 is 11.1 Å².